The van der Waals surface area contributed by atoms with Gasteiger partial charge in [-0.2, -0.15) is 0 Å². The van der Waals surface area contributed by atoms with Gasteiger partial charge in [-0.05, 0) is 25.8 Å². The third-order valence-electron chi connectivity index (χ3n) is 5.72. The van der Waals surface area contributed by atoms with Crippen LogP contribution in [-0.2, 0) is 9.53 Å². The summed E-state index contributed by atoms with van der Waals surface area (Å²) >= 11 is 0. The van der Waals surface area contributed by atoms with Gasteiger partial charge in [0.05, 0.1) is 56.2 Å². The Morgan fingerprint density at radius 1 is 1.25 bits per heavy atom. The van der Waals surface area contributed by atoms with E-state index in [1.807, 2.05) is 6.92 Å². The molecule has 1 fully saturated rings. The highest BCUT2D eigenvalue weighted by Crippen LogP contribution is 2.36. The Morgan fingerprint density at radius 3 is 2.72 bits per heavy atom. The van der Waals surface area contributed by atoms with Crippen molar-refractivity contribution in [3.63, 3.8) is 0 Å². The Kier molecular flexibility index (Phi) is 7.79. The van der Waals surface area contributed by atoms with Gasteiger partial charge in [0.2, 0.25) is 11.8 Å². The monoisotopic (exact) mass is 497 g/mol. The second-order valence-electron chi connectivity index (χ2n) is 8.05. The van der Waals surface area contributed by atoms with E-state index >= 15 is 4.39 Å². The van der Waals surface area contributed by atoms with E-state index in [1.54, 1.807) is 23.1 Å². The molecule has 1 aromatic carbocycles. The Balaban J connectivity index is 1.53. The minimum absolute atomic E-state index is 0.00465. The van der Waals surface area contributed by atoms with Crippen LogP contribution in [0.2, 0.25) is 0 Å². The molecule has 1 aliphatic rings. The molecule has 0 radical (unpaired) electrons. The van der Waals surface area contributed by atoms with Crippen LogP contribution in [0.3, 0.4) is 0 Å². The van der Waals surface area contributed by atoms with E-state index in [1.165, 1.54) is 20.4 Å². The van der Waals surface area contributed by atoms with Crippen LogP contribution in [-0.4, -0.2) is 80.5 Å². The number of ether oxygens (including phenoxy) is 4. The van der Waals surface area contributed by atoms with Gasteiger partial charge in [0, 0.05) is 31.9 Å². The molecule has 1 aliphatic heterocycles. The standard InChI is InChI=1S/C25H28FN5O5/c1-15-11-17-23(26)21(14-29-24(17)30-15)36-25(28-3)16-12-19(33-4)20(13-18(16)27-2)35-8-5-22(32)31-6-9-34-10-7-31/h11-14H,2,5-10H2,1,3-4H3,(H,29,30). The first-order chi connectivity index (χ1) is 17.4. The Hall–Kier alpha value is -3.99. The van der Waals surface area contributed by atoms with Gasteiger partial charge in [-0.3, -0.25) is 14.8 Å². The molecule has 3 aromatic rings. The second-order valence-corrected chi connectivity index (χ2v) is 8.05. The number of aliphatic imine (C=N–C) groups is 2. The molecule has 2 aromatic heterocycles. The third kappa shape index (κ3) is 5.30. The highest BCUT2D eigenvalue weighted by molar-refractivity contribution is 6.01. The van der Waals surface area contributed by atoms with Crippen molar-refractivity contribution < 1.29 is 28.1 Å². The van der Waals surface area contributed by atoms with Gasteiger partial charge in [0.1, 0.15) is 5.65 Å². The first-order valence-corrected chi connectivity index (χ1v) is 11.4. The quantitative estimate of drug-likeness (QED) is 0.377. The summed E-state index contributed by atoms with van der Waals surface area (Å²) < 4.78 is 37.5. The first-order valence-electron chi connectivity index (χ1n) is 11.4. The van der Waals surface area contributed by atoms with Crippen LogP contribution in [0, 0.1) is 12.7 Å². The normalized spacial score (nSPS) is 14.1. The number of hydrogen-bond acceptors (Lipinski definition) is 8. The molecule has 0 spiro atoms. The second kappa shape index (κ2) is 11.2. The lowest BCUT2D eigenvalue weighted by Crippen LogP contribution is -2.41. The van der Waals surface area contributed by atoms with Gasteiger partial charge in [-0.1, -0.05) is 0 Å². The van der Waals surface area contributed by atoms with E-state index in [0.29, 0.717) is 60.1 Å². The van der Waals surface area contributed by atoms with E-state index in [2.05, 4.69) is 26.7 Å². The minimum atomic E-state index is -0.560. The summed E-state index contributed by atoms with van der Waals surface area (Å²) in [5.41, 5.74) is 2.02. The summed E-state index contributed by atoms with van der Waals surface area (Å²) in [5, 5.41) is 0.315. The van der Waals surface area contributed by atoms with Crippen molar-refractivity contribution in [3.8, 4) is 17.2 Å². The van der Waals surface area contributed by atoms with Crippen molar-refractivity contribution in [1.29, 1.82) is 0 Å². The van der Waals surface area contributed by atoms with Gasteiger partial charge in [-0.25, -0.2) is 9.37 Å². The van der Waals surface area contributed by atoms with Crippen molar-refractivity contribution in [2.75, 3.05) is 47.1 Å². The number of halogens is 1. The van der Waals surface area contributed by atoms with Gasteiger partial charge >= 0.3 is 0 Å². The zero-order chi connectivity index (χ0) is 25.7. The van der Waals surface area contributed by atoms with Crippen LogP contribution in [0.15, 0.2) is 34.4 Å². The first kappa shape index (κ1) is 25.1. The predicted octanol–water partition coefficient (Wildman–Crippen LogP) is 3.43. The highest BCUT2D eigenvalue weighted by Gasteiger charge is 2.21. The maximum absolute atomic E-state index is 15.1. The molecule has 1 N–H and O–H groups in total. The molecule has 190 valence electrons. The number of fused-ring (bicyclic) bond motifs is 1. The van der Waals surface area contributed by atoms with Gasteiger partial charge in [0.15, 0.2) is 23.1 Å². The fourth-order valence-corrected chi connectivity index (χ4v) is 3.90. The summed E-state index contributed by atoms with van der Waals surface area (Å²) in [6, 6.07) is 4.89. The van der Waals surface area contributed by atoms with Crippen LogP contribution in [0.5, 0.6) is 17.2 Å². The smallest absolute Gasteiger partial charge is 0.226 e. The Bertz CT molecular complexity index is 1300. The number of rotatable bonds is 8. The molecule has 10 nitrogen and oxygen atoms in total. The molecular weight excluding hydrogens is 469 g/mol. The average Bonchev–Trinajstić information content (AvgIpc) is 3.29. The SMILES string of the molecule is C=Nc1cc(OCCC(=O)N2CCOCC2)c(OC)cc1C(=NC)Oc1cnc2[nH]c(C)cc2c1F. The molecule has 0 unspecified atom stereocenters. The van der Waals surface area contributed by atoms with E-state index in [4.69, 9.17) is 18.9 Å². The van der Waals surface area contributed by atoms with E-state index in [9.17, 15) is 4.79 Å². The van der Waals surface area contributed by atoms with E-state index < -0.39 is 5.82 Å². The molecule has 0 saturated carbocycles. The molecule has 1 saturated heterocycles. The number of aryl methyl sites for hydroxylation is 1. The summed E-state index contributed by atoms with van der Waals surface area (Å²) in [5.74, 6) is 0.197. The molecule has 0 aliphatic carbocycles. The number of pyridine rings is 1. The van der Waals surface area contributed by atoms with Crippen LogP contribution in [0.1, 0.15) is 17.7 Å². The minimum Gasteiger partial charge on any atom is -0.493 e. The summed E-state index contributed by atoms with van der Waals surface area (Å²) in [6.45, 7) is 7.83. The molecule has 1 amide bonds. The van der Waals surface area contributed by atoms with E-state index in [-0.39, 0.29) is 30.6 Å². The van der Waals surface area contributed by atoms with Crippen molar-refractivity contribution in [3.05, 3.63) is 41.5 Å². The number of H-pyrrole nitrogens is 1. The highest BCUT2D eigenvalue weighted by atomic mass is 19.1. The summed E-state index contributed by atoms with van der Waals surface area (Å²) in [7, 11) is 3.00. The number of benzene rings is 1. The van der Waals surface area contributed by atoms with Crippen LogP contribution in [0.25, 0.3) is 11.0 Å². The van der Waals surface area contributed by atoms with Crippen molar-refractivity contribution >= 4 is 35.2 Å². The maximum Gasteiger partial charge on any atom is 0.226 e. The van der Waals surface area contributed by atoms with Gasteiger partial charge < -0.3 is 28.8 Å². The predicted molar refractivity (Wildman–Crippen MR) is 134 cm³/mol. The zero-order valence-corrected chi connectivity index (χ0v) is 20.5. The third-order valence-corrected chi connectivity index (χ3v) is 5.72. The molecular formula is C25H28FN5O5. The lowest BCUT2D eigenvalue weighted by Gasteiger charge is -2.26. The Morgan fingerprint density at radius 2 is 2.03 bits per heavy atom. The van der Waals surface area contributed by atoms with Gasteiger partial charge in [-0.15, -0.1) is 0 Å². The summed E-state index contributed by atoms with van der Waals surface area (Å²) in [6.07, 6.45) is 1.50. The van der Waals surface area contributed by atoms with Crippen LogP contribution >= 0.6 is 0 Å². The summed E-state index contributed by atoms with van der Waals surface area (Å²) in [4.78, 5) is 29.6. The molecule has 3 heterocycles. The molecule has 0 bridgehead atoms. The van der Waals surface area contributed by atoms with Crippen molar-refractivity contribution in [2.45, 2.75) is 13.3 Å². The maximum atomic E-state index is 15.1. The number of amides is 1. The number of methoxy groups -OCH3 is 1. The number of morpholine rings is 1. The van der Waals surface area contributed by atoms with Crippen LogP contribution < -0.4 is 14.2 Å². The number of hydrogen-bond donors (Lipinski definition) is 1. The number of nitrogens with zero attached hydrogens (tertiary/aromatic N) is 4. The number of nitrogens with one attached hydrogen (secondary N) is 1. The lowest BCUT2D eigenvalue weighted by atomic mass is 10.1. The van der Waals surface area contributed by atoms with E-state index in [0.717, 1.165) is 5.69 Å². The number of carbonyl (C=O) groups excluding carboxylic acids is 1. The average molecular weight is 498 g/mol. The van der Waals surface area contributed by atoms with Crippen LogP contribution in [0.4, 0.5) is 10.1 Å². The van der Waals surface area contributed by atoms with Crippen molar-refractivity contribution in [1.82, 2.24) is 14.9 Å². The largest absolute Gasteiger partial charge is 0.493 e. The lowest BCUT2D eigenvalue weighted by molar-refractivity contribution is -0.135. The number of aromatic nitrogens is 2. The molecule has 36 heavy (non-hydrogen) atoms. The van der Waals surface area contributed by atoms with Crippen molar-refractivity contribution in [2.24, 2.45) is 9.98 Å². The number of carbonyl (C=O) groups is 1. The Labute approximate surface area is 207 Å². The number of aromatic amines is 1. The molecule has 0 atom stereocenters. The zero-order valence-electron chi connectivity index (χ0n) is 20.5. The fourth-order valence-electron chi connectivity index (χ4n) is 3.90. The fraction of sp³-hybridized carbons (Fsp3) is 0.360. The van der Waals surface area contributed by atoms with Gasteiger partial charge in [0.25, 0.3) is 0 Å². The molecule has 4 rings (SSSR count). The topological polar surface area (TPSA) is 111 Å². The molecule has 11 heteroatoms.